The second kappa shape index (κ2) is 9.46. The Morgan fingerprint density at radius 1 is 0.939 bits per heavy atom. The molecule has 0 spiro atoms. The Kier molecular flexibility index (Phi) is 6.09. The van der Waals surface area contributed by atoms with Crippen LogP contribution in [-0.4, -0.2) is 34.9 Å². The van der Waals surface area contributed by atoms with Crippen molar-refractivity contribution in [1.29, 1.82) is 0 Å². The molecule has 0 unspecified atom stereocenters. The summed E-state index contributed by atoms with van der Waals surface area (Å²) in [5.41, 5.74) is 3.15. The molecular formula is C27H24FN3O2. The summed E-state index contributed by atoms with van der Waals surface area (Å²) < 4.78 is 19.3. The van der Waals surface area contributed by atoms with Gasteiger partial charge in [-0.15, -0.1) is 0 Å². The second-order valence-corrected chi connectivity index (χ2v) is 8.32. The molecule has 0 bridgehead atoms. The minimum absolute atomic E-state index is 0.0926. The molecule has 1 aliphatic heterocycles. The van der Waals surface area contributed by atoms with Gasteiger partial charge < -0.3 is 10.1 Å². The molecule has 1 saturated heterocycles. The largest absolute Gasteiger partial charge is 0.489 e. The van der Waals surface area contributed by atoms with Crippen molar-refractivity contribution in [3.05, 3.63) is 90.3 Å². The van der Waals surface area contributed by atoms with E-state index in [2.05, 4.69) is 21.4 Å². The number of aromatic nitrogens is 2. The third-order valence-corrected chi connectivity index (χ3v) is 5.92. The number of hydrogen-bond donors (Lipinski definition) is 1. The maximum atomic E-state index is 13.1. The molecule has 5 rings (SSSR count). The van der Waals surface area contributed by atoms with E-state index in [-0.39, 0.29) is 24.1 Å². The fourth-order valence-electron chi connectivity index (χ4n) is 4.11. The third-order valence-electron chi connectivity index (χ3n) is 5.92. The molecule has 166 valence electrons. The summed E-state index contributed by atoms with van der Waals surface area (Å²) >= 11 is 0. The number of nitrogens with zero attached hydrogens (tertiary/aromatic N) is 2. The predicted molar refractivity (Wildman–Crippen MR) is 126 cm³/mol. The van der Waals surface area contributed by atoms with Crippen LogP contribution in [0.3, 0.4) is 0 Å². The van der Waals surface area contributed by atoms with Crippen LogP contribution in [-0.2, 0) is 6.42 Å². The molecule has 0 atom stereocenters. The number of nitrogens with one attached hydrogen (secondary N) is 1. The van der Waals surface area contributed by atoms with Crippen molar-refractivity contribution in [3.8, 4) is 16.9 Å². The fourth-order valence-corrected chi connectivity index (χ4v) is 4.11. The Hall–Kier alpha value is -3.64. The van der Waals surface area contributed by atoms with Crippen molar-refractivity contribution in [1.82, 2.24) is 15.3 Å². The number of carbonyl (C=O) groups excluding carboxylic acids is 1. The van der Waals surface area contributed by atoms with Gasteiger partial charge >= 0.3 is 0 Å². The van der Waals surface area contributed by atoms with E-state index in [1.165, 1.54) is 24.3 Å². The van der Waals surface area contributed by atoms with E-state index in [1.54, 1.807) is 12.4 Å². The molecule has 2 aromatic heterocycles. The number of Topliss-reactive ketones (excluding diaryl/α,β-unsaturated/α-hetero) is 1. The molecule has 0 radical (unpaired) electrons. The van der Waals surface area contributed by atoms with Gasteiger partial charge in [0.1, 0.15) is 17.7 Å². The zero-order valence-corrected chi connectivity index (χ0v) is 18.1. The van der Waals surface area contributed by atoms with Gasteiger partial charge in [-0.25, -0.2) is 4.39 Å². The van der Waals surface area contributed by atoms with Gasteiger partial charge in [0.15, 0.2) is 5.78 Å². The lowest BCUT2D eigenvalue weighted by Gasteiger charge is -2.23. The Balaban J connectivity index is 1.37. The normalized spacial score (nSPS) is 14.3. The van der Waals surface area contributed by atoms with Crippen LogP contribution in [0.2, 0.25) is 0 Å². The fraction of sp³-hybridized carbons (Fsp3) is 0.222. The molecule has 0 amide bonds. The van der Waals surface area contributed by atoms with Crippen LogP contribution >= 0.6 is 0 Å². The molecule has 4 aromatic rings. The first-order chi connectivity index (χ1) is 16.1. The molecule has 3 heterocycles. The van der Waals surface area contributed by atoms with Crippen molar-refractivity contribution >= 4 is 16.6 Å². The molecule has 1 aliphatic rings. The lowest BCUT2D eigenvalue weighted by atomic mass is 10.0. The summed E-state index contributed by atoms with van der Waals surface area (Å²) in [7, 11) is 0. The van der Waals surface area contributed by atoms with E-state index >= 15 is 0 Å². The van der Waals surface area contributed by atoms with Crippen LogP contribution < -0.4 is 10.1 Å². The number of halogens is 1. The third kappa shape index (κ3) is 5.07. The average Bonchev–Trinajstić information content (AvgIpc) is 2.85. The van der Waals surface area contributed by atoms with Gasteiger partial charge in [-0.2, -0.15) is 0 Å². The van der Waals surface area contributed by atoms with Crippen molar-refractivity contribution in [2.45, 2.75) is 25.4 Å². The number of benzene rings is 2. The molecule has 1 fully saturated rings. The number of rotatable bonds is 6. The number of ether oxygens (including phenoxy) is 1. The highest BCUT2D eigenvalue weighted by Gasteiger charge is 2.15. The molecule has 6 heteroatoms. The number of fused-ring (bicyclic) bond motifs is 1. The molecule has 2 aromatic carbocycles. The SMILES string of the molecule is O=C(Cc1cc2cc(-c3cncc(OC4CCNCC4)c3)ccc2cn1)c1ccc(F)cc1. The lowest BCUT2D eigenvalue weighted by Crippen LogP contribution is -2.34. The van der Waals surface area contributed by atoms with Crippen molar-refractivity contribution in [2.24, 2.45) is 0 Å². The van der Waals surface area contributed by atoms with Gasteiger partial charge in [0.25, 0.3) is 0 Å². The Bertz CT molecular complexity index is 1280. The molecule has 5 nitrogen and oxygen atoms in total. The van der Waals surface area contributed by atoms with Gasteiger partial charge in [0, 0.05) is 34.6 Å². The van der Waals surface area contributed by atoms with Gasteiger partial charge in [-0.1, -0.05) is 12.1 Å². The minimum atomic E-state index is -0.359. The second-order valence-electron chi connectivity index (χ2n) is 8.32. The molecule has 0 saturated carbocycles. The minimum Gasteiger partial charge on any atom is -0.489 e. The van der Waals surface area contributed by atoms with Gasteiger partial charge in [0.2, 0.25) is 0 Å². The number of pyridine rings is 2. The molecule has 0 aliphatic carbocycles. The number of carbonyl (C=O) groups is 1. The summed E-state index contributed by atoms with van der Waals surface area (Å²) in [6.07, 6.45) is 7.73. The quantitative estimate of drug-likeness (QED) is 0.427. The van der Waals surface area contributed by atoms with E-state index in [0.29, 0.717) is 11.3 Å². The summed E-state index contributed by atoms with van der Waals surface area (Å²) in [4.78, 5) is 21.4. The van der Waals surface area contributed by atoms with E-state index in [4.69, 9.17) is 4.74 Å². The highest BCUT2D eigenvalue weighted by Crippen LogP contribution is 2.27. The Morgan fingerprint density at radius 2 is 1.76 bits per heavy atom. The van der Waals surface area contributed by atoms with Gasteiger partial charge in [0.05, 0.1) is 12.6 Å². The van der Waals surface area contributed by atoms with Crippen LogP contribution in [0.25, 0.3) is 21.9 Å². The number of ketones is 1. The van der Waals surface area contributed by atoms with Crippen LogP contribution in [0.1, 0.15) is 28.9 Å². The maximum Gasteiger partial charge on any atom is 0.168 e. The molecule has 1 N–H and O–H groups in total. The lowest BCUT2D eigenvalue weighted by molar-refractivity contribution is 0.0992. The highest BCUT2D eigenvalue weighted by molar-refractivity contribution is 5.97. The van der Waals surface area contributed by atoms with E-state index in [9.17, 15) is 9.18 Å². The number of piperidine rings is 1. The first-order valence-corrected chi connectivity index (χ1v) is 11.1. The van der Waals surface area contributed by atoms with Crippen molar-refractivity contribution in [2.75, 3.05) is 13.1 Å². The monoisotopic (exact) mass is 441 g/mol. The van der Waals surface area contributed by atoms with E-state index in [1.807, 2.05) is 30.5 Å². The van der Waals surface area contributed by atoms with Gasteiger partial charge in [-0.3, -0.25) is 14.8 Å². The van der Waals surface area contributed by atoms with Crippen molar-refractivity contribution in [3.63, 3.8) is 0 Å². The van der Waals surface area contributed by atoms with Crippen LogP contribution in [0.15, 0.2) is 73.2 Å². The Morgan fingerprint density at radius 3 is 2.58 bits per heavy atom. The van der Waals surface area contributed by atoms with Crippen LogP contribution in [0, 0.1) is 5.82 Å². The standard InChI is InChI=1S/C27H24FN3O2/c28-23-5-3-18(4-6-23)27(32)14-24-12-21-11-19(1-2-20(21)16-31-24)22-13-26(17-30-15-22)33-25-7-9-29-10-8-25/h1-6,11-13,15-17,25,29H,7-10,14H2. The molecule has 33 heavy (non-hydrogen) atoms. The number of hydrogen-bond acceptors (Lipinski definition) is 5. The Labute approximate surface area is 191 Å². The summed E-state index contributed by atoms with van der Waals surface area (Å²) in [5, 5.41) is 5.33. The van der Waals surface area contributed by atoms with Crippen LogP contribution in [0.5, 0.6) is 5.75 Å². The van der Waals surface area contributed by atoms with Gasteiger partial charge in [-0.05, 0) is 79.3 Å². The first kappa shape index (κ1) is 21.2. The van der Waals surface area contributed by atoms with Crippen LogP contribution in [0.4, 0.5) is 4.39 Å². The van der Waals surface area contributed by atoms with E-state index in [0.717, 1.165) is 53.6 Å². The summed E-state index contributed by atoms with van der Waals surface area (Å²) in [6.45, 7) is 1.95. The topological polar surface area (TPSA) is 64.1 Å². The van der Waals surface area contributed by atoms with E-state index < -0.39 is 0 Å². The zero-order valence-electron chi connectivity index (χ0n) is 18.1. The zero-order chi connectivity index (χ0) is 22.6. The van der Waals surface area contributed by atoms with Crippen molar-refractivity contribution < 1.29 is 13.9 Å². The first-order valence-electron chi connectivity index (χ1n) is 11.1. The smallest absolute Gasteiger partial charge is 0.168 e. The highest BCUT2D eigenvalue weighted by atomic mass is 19.1. The maximum absolute atomic E-state index is 13.1. The average molecular weight is 442 g/mol. The summed E-state index contributed by atoms with van der Waals surface area (Å²) in [6, 6.07) is 15.7. The predicted octanol–water partition coefficient (Wildman–Crippen LogP) is 4.99. The summed E-state index contributed by atoms with van der Waals surface area (Å²) in [5.74, 6) is 0.326. The molecular weight excluding hydrogens is 417 g/mol.